The Morgan fingerprint density at radius 3 is 2.55 bits per heavy atom. The van der Waals surface area contributed by atoms with E-state index in [1.165, 1.54) is 6.92 Å². The maximum atomic E-state index is 10.9. The molecule has 0 fully saturated rings. The standard InChI is InChI=1S/C7H13NO2S/c1-3-6(11)7(5(2)10)8-4-9/h4,6-7,11H,3H2,1-2H3,(H,8,9). The van der Waals surface area contributed by atoms with Gasteiger partial charge in [-0.05, 0) is 13.3 Å². The molecule has 0 aliphatic heterocycles. The molecule has 64 valence electrons. The Labute approximate surface area is 72.0 Å². The molecule has 0 saturated carbocycles. The van der Waals surface area contributed by atoms with Crippen molar-refractivity contribution in [1.82, 2.24) is 5.32 Å². The molecule has 3 nitrogen and oxygen atoms in total. The molecule has 0 aromatic heterocycles. The van der Waals surface area contributed by atoms with E-state index in [4.69, 9.17) is 0 Å². The highest BCUT2D eigenvalue weighted by Crippen LogP contribution is 2.06. The molecule has 4 heteroatoms. The van der Waals surface area contributed by atoms with E-state index in [-0.39, 0.29) is 11.0 Å². The highest BCUT2D eigenvalue weighted by Gasteiger charge is 2.19. The number of amides is 1. The Kier molecular flexibility index (Phi) is 4.94. The van der Waals surface area contributed by atoms with Crippen molar-refractivity contribution in [3.8, 4) is 0 Å². The molecule has 2 unspecified atom stereocenters. The van der Waals surface area contributed by atoms with E-state index in [0.717, 1.165) is 6.42 Å². The third kappa shape index (κ3) is 3.41. The molecule has 0 saturated heterocycles. The van der Waals surface area contributed by atoms with Gasteiger partial charge in [0.15, 0.2) is 5.78 Å². The lowest BCUT2D eigenvalue weighted by atomic mass is 10.1. The summed E-state index contributed by atoms with van der Waals surface area (Å²) in [7, 11) is 0. The van der Waals surface area contributed by atoms with Gasteiger partial charge in [0, 0.05) is 5.25 Å². The third-order valence-corrected chi connectivity index (χ3v) is 2.15. The number of thiol groups is 1. The largest absolute Gasteiger partial charge is 0.348 e. The molecule has 0 rings (SSSR count). The van der Waals surface area contributed by atoms with Crippen LogP contribution in [0.25, 0.3) is 0 Å². The van der Waals surface area contributed by atoms with Crippen LogP contribution in [0.4, 0.5) is 0 Å². The van der Waals surface area contributed by atoms with Crippen molar-refractivity contribution < 1.29 is 9.59 Å². The van der Waals surface area contributed by atoms with Gasteiger partial charge >= 0.3 is 0 Å². The second-order valence-corrected chi connectivity index (χ2v) is 3.01. The molecule has 0 aliphatic rings. The first kappa shape index (κ1) is 10.5. The van der Waals surface area contributed by atoms with Crippen molar-refractivity contribution in [2.75, 3.05) is 0 Å². The first-order valence-corrected chi connectivity index (χ1v) is 4.03. The van der Waals surface area contributed by atoms with E-state index in [1.54, 1.807) is 0 Å². The summed E-state index contributed by atoms with van der Waals surface area (Å²) in [6, 6.07) is -0.444. The van der Waals surface area contributed by atoms with Crippen LogP contribution in [0, 0.1) is 0 Å². The van der Waals surface area contributed by atoms with E-state index in [2.05, 4.69) is 17.9 Å². The molecule has 0 heterocycles. The van der Waals surface area contributed by atoms with Crippen LogP contribution in [0.3, 0.4) is 0 Å². The fourth-order valence-electron chi connectivity index (χ4n) is 0.808. The van der Waals surface area contributed by atoms with E-state index >= 15 is 0 Å². The Morgan fingerprint density at radius 1 is 1.73 bits per heavy atom. The molecule has 0 spiro atoms. The number of rotatable bonds is 5. The maximum absolute atomic E-state index is 10.9. The Morgan fingerprint density at radius 2 is 2.27 bits per heavy atom. The van der Waals surface area contributed by atoms with E-state index in [9.17, 15) is 9.59 Å². The predicted molar refractivity (Wildman–Crippen MR) is 46.7 cm³/mol. The average molecular weight is 175 g/mol. The molecular weight excluding hydrogens is 162 g/mol. The minimum Gasteiger partial charge on any atom is -0.348 e. The minimum absolute atomic E-state index is 0.0565. The van der Waals surface area contributed by atoms with E-state index < -0.39 is 6.04 Å². The van der Waals surface area contributed by atoms with Gasteiger partial charge in [-0.1, -0.05) is 6.92 Å². The fourth-order valence-corrected chi connectivity index (χ4v) is 1.10. The van der Waals surface area contributed by atoms with Gasteiger partial charge < -0.3 is 5.32 Å². The van der Waals surface area contributed by atoms with Crippen LogP contribution < -0.4 is 5.32 Å². The molecule has 2 atom stereocenters. The zero-order chi connectivity index (χ0) is 8.85. The van der Waals surface area contributed by atoms with Gasteiger partial charge in [0.25, 0.3) is 0 Å². The number of carbonyl (C=O) groups excluding carboxylic acids is 2. The Bertz CT molecular complexity index is 149. The van der Waals surface area contributed by atoms with Gasteiger partial charge in [0.1, 0.15) is 0 Å². The van der Waals surface area contributed by atoms with Crippen LogP contribution in [-0.2, 0) is 9.59 Å². The zero-order valence-corrected chi connectivity index (χ0v) is 7.60. The maximum Gasteiger partial charge on any atom is 0.207 e. The highest BCUT2D eigenvalue weighted by molar-refractivity contribution is 7.81. The van der Waals surface area contributed by atoms with Crippen LogP contribution in [0.1, 0.15) is 20.3 Å². The van der Waals surface area contributed by atoms with Gasteiger partial charge in [-0.3, -0.25) is 9.59 Å². The summed E-state index contributed by atoms with van der Waals surface area (Å²) in [5.41, 5.74) is 0. The van der Waals surface area contributed by atoms with Gasteiger partial charge in [-0.15, -0.1) is 0 Å². The molecule has 11 heavy (non-hydrogen) atoms. The topological polar surface area (TPSA) is 46.2 Å². The second-order valence-electron chi connectivity index (χ2n) is 2.35. The molecule has 0 bridgehead atoms. The lowest BCUT2D eigenvalue weighted by molar-refractivity contribution is -0.121. The van der Waals surface area contributed by atoms with Crippen molar-refractivity contribution in [2.45, 2.75) is 31.6 Å². The fraction of sp³-hybridized carbons (Fsp3) is 0.714. The molecule has 0 aromatic rings. The van der Waals surface area contributed by atoms with Gasteiger partial charge in [0.05, 0.1) is 6.04 Å². The summed E-state index contributed by atoms with van der Waals surface area (Å²) in [6.07, 6.45) is 1.29. The Balaban J connectivity index is 4.08. The summed E-state index contributed by atoms with van der Waals surface area (Å²) < 4.78 is 0. The van der Waals surface area contributed by atoms with Crippen molar-refractivity contribution in [3.63, 3.8) is 0 Å². The zero-order valence-electron chi connectivity index (χ0n) is 6.70. The van der Waals surface area contributed by atoms with Crippen molar-refractivity contribution in [1.29, 1.82) is 0 Å². The van der Waals surface area contributed by atoms with Crippen LogP contribution in [0.2, 0.25) is 0 Å². The molecule has 0 aromatic carbocycles. The third-order valence-electron chi connectivity index (χ3n) is 1.49. The van der Waals surface area contributed by atoms with Crippen LogP contribution in [0.15, 0.2) is 0 Å². The Hall–Kier alpha value is -0.510. The van der Waals surface area contributed by atoms with Gasteiger partial charge in [-0.2, -0.15) is 12.6 Å². The summed E-state index contributed by atoms with van der Waals surface area (Å²) >= 11 is 4.16. The van der Waals surface area contributed by atoms with E-state index in [0.29, 0.717) is 6.41 Å². The van der Waals surface area contributed by atoms with Crippen molar-refractivity contribution in [2.24, 2.45) is 0 Å². The highest BCUT2D eigenvalue weighted by atomic mass is 32.1. The van der Waals surface area contributed by atoms with Gasteiger partial charge in [0.2, 0.25) is 6.41 Å². The smallest absolute Gasteiger partial charge is 0.207 e. The van der Waals surface area contributed by atoms with Crippen LogP contribution in [-0.4, -0.2) is 23.5 Å². The number of nitrogens with one attached hydrogen (secondary N) is 1. The number of hydrogen-bond donors (Lipinski definition) is 2. The van der Waals surface area contributed by atoms with Crippen LogP contribution >= 0.6 is 12.6 Å². The molecule has 1 N–H and O–H groups in total. The number of ketones is 1. The van der Waals surface area contributed by atoms with Crippen molar-refractivity contribution >= 4 is 24.8 Å². The first-order chi connectivity index (χ1) is 5.13. The van der Waals surface area contributed by atoms with E-state index in [1.807, 2.05) is 6.92 Å². The summed E-state index contributed by atoms with van der Waals surface area (Å²) in [6.45, 7) is 3.36. The molecular formula is C7H13NO2S. The SMILES string of the molecule is CCC(S)C(NC=O)C(C)=O. The molecule has 0 radical (unpaired) electrons. The summed E-state index contributed by atoms with van der Waals surface area (Å²) in [5.74, 6) is -0.0565. The van der Waals surface area contributed by atoms with Crippen molar-refractivity contribution in [3.05, 3.63) is 0 Å². The summed E-state index contributed by atoms with van der Waals surface area (Å²) in [5, 5.41) is 2.34. The number of hydrogen-bond acceptors (Lipinski definition) is 3. The summed E-state index contributed by atoms with van der Waals surface area (Å²) in [4.78, 5) is 20.9. The van der Waals surface area contributed by atoms with Gasteiger partial charge in [-0.25, -0.2) is 0 Å². The monoisotopic (exact) mass is 175 g/mol. The lowest BCUT2D eigenvalue weighted by Crippen LogP contribution is -2.41. The quantitative estimate of drug-likeness (QED) is 0.469. The average Bonchev–Trinajstić information content (AvgIpc) is 1.98. The lowest BCUT2D eigenvalue weighted by Gasteiger charge is -2.17. The predicted octanol–water partition coefficient (Wildman–Crippen LogP) is 0.398. The van der Waals surface area contributed by atoms with Crippen LogP contribution in [0.5, 0.6) is 0 Å². The minimum atomic E-state index is -0.444. The molecule has 0 aliphatic carbocycles. The normalized spacial score (nSPS) is 15.2. The second kappa shape index (κ2) is 5.18. The molecule has 1 amide bonds. The number of Topliss-reactive ketones (excluding diaryl/α,β-unsaturated/α-hetero) is 1. The first-order valence-electron chi connectivity index (χ1n) is 3.51. The number of carbonyl (C=O) groups is 2.